The van der Waals surface area contributed by atoms with Crippen LogP contribution in [0.2, 0.25) is 0 Å². The molecular formula is C64H71Br2N11O10S3. The number of aromatic amines is 1. The van der Waals surface area contributed by atoms with E-state index in [4.69, 9.17) is 19.9 Å². The van der Waals surface area contributed by atoms with Gasteiger partial charge in [-0.15, -0.1) is 34.0 Å². The topological polar surface area (TPSA) is 271 Å². The van der Waals surface area contributed by atoms with Crippen molar-refractivity contribution >= 4 is 94.8 Å². The molecule has 0 spiro atoms. The van der Waals surface area contributed by atoms with Crippen molar-refractivity contribution in [2.45, 2.75) is 78.9 Å². The lowest BCUT2D eigenvalue weighted by atomic mass is 10.2. The summed E-state index contributed by atoms with van der Waals surface area (Å²) in [4.78, 5) is 94.9. The average molecular weight is 1410 g/mol. The average Bonchev–Trinajstić information content (AvgIpc) is 2.13. The van der Waals surface area contributed by atoms with Crippen LogP contribution < -0.4 is 54.2 Å². The first-order chi connectivity index (χ1) is 43.0. The Morgan fingerprint density at radius 3 is 1.42 bits per heavy atom. The molecule has 0 aromatic carbocycles. The number of anilines is 1. The van der Waals surface area contributed by atoms with Crippen LogP contribution in [-0.4, -0.2) is 89.9 Å². The molecule has 90 heavy (non-hydrogen) atoms. The number of nitrogens with one attached hydrogen (secondary N) is 4. The van der Waals surface area contributed by atoms with E-state index in [2.05, 4.69) is 68.8 Å². The molecule has 0 aliphatic carbocycles. The molecule has 0 fully saturated rings. The number of fused-ring (bicyclic) bond motifs is 1. The zero-order valence-electron chi connectivity index (χ0n) is 50.6. The Morgan fingerprint density at radius 1 is 0.567 bits per heavy atom. The molecular weight excluding hydrogens is 1340 g/mol. The largest absolute Gasteiger partial charge is 0.495 e. The molecule has 0 radical (unpaired) electrons. The molecule has 10 rings (SSSR count). The van der Waals surface area contributed by atoms with Crippen LogP contribution in [0.25, 0.3) is 42.4 Å². The second-order valence-corrected chi connectivity index (χ2v) is 25.9. The van der Waals surface area contributed by atoms with E-state index in [0.717, 1.165) is 52.1 Å². The molecule has 10 aromatic rings. The molecule has 0 unspecified atom stereocenters. The summed E-state index contributed by atoms with van der Waals surface area (Å²) >= 11 is 11.4. The monoisotopic (exact) mass is 1410 g/mol. The summed E-state index contributed by atoms with van der Waals surface area (Å²) in [7, 11) is 1.60. The SMILES string of the molecule is CC(C)(C)OC(=O)NCCn1cc(-c2cccs2)ccc1=O.CC(C)(C)OC(=O)NCCn1cc(Br)ccc1=O.COc1cnc2c(NCCn3cc(-c4cccs4)ccc3=O)ccnc2c1.NCCn1cc(-c2cccs2)ccc1=O.O=c1ccc(Br)c[nH]1. The van der Waals surface area contributed by atoms with E-state index >= 15 is 0 Å². The third-order valence-electron chi connectivity index (χ3n) is 11.9. The number of aromatic nitrogens is 7. The van der Waals surface area contributed by atoms with Crippen LogP contribution in [0, 0.1) is 0 Å². The summed E-state index contributed by atoms with van der Waals surface area (Å²) in [6.45, 7) is 14.5. The van der Waals surface area contributed by atoms with Gasteiger partial charge in [-0.2, -0.15) is 0 Å². The fourth-order valence-electron chi connectivity index (χ4n) is 7.85. The highest BCUT2D eigenvalue weighted by Crippen LogP contribution is 2.26. The van der Waals surface area contributed by atoms with E-state index in [1.54, 1.807) is 131 Å². The number of halogens is 2. The van der Waals surface area contributed by atoms with Gasteiger partial charge in [-0.3, -0.25) is 29.0 Å². The van der Waals surface area contributed by atoms with E-state index in [9.17, 15) is 33.6 Å². The number of methoxy groups -OCH3 is 1. The summed E-state index contributed by atoms with van der Waals surface area (Å²) < 4.78 is 23.6. The van der Waals surface area contributed by atoms with E-state index in [1.165, 1.54) is 21.6 Å². The molecule has 21 nitrogen and oxygen atoms in total. The lowest BCUT2D eigenvalue weighted by Crippen LogP contribution is -2.35. The number of hydrogen-bond acceptors (Lipinski definition) is 17. The number of H-pyrrole nitrogens is 1. The molecule has 0 saturated carbocycles. The molecule has 474 valence electrons. The molecule has 0 aliphatic heterocycles. The number of nitrogens with zero attached hydrogens (tertiary/aromatic N) is 6. The standard InChI is InChI=1S/C20H18N4O2S.C16H20N2O3S.C12H17BrN2O3.C11H12N2OS.C5H4BrNO/c1-26-15-11-17-20(23-12-15)16(6-7-21-17)22-8-9-24-13-14(4-5-19(24)25)18-3-2-10-27-18;1-16(2,3)21-15(20)17-8-9-18-11-12(6-7-14(18)19)13-5-4-10-22-13;1-12(2,3)18-11(17)14-6-7-15-8-9(13)4-5-10(15)16;12-5-6-13-8-9(3-4-11(13)14)10-2-1-7-15-10;6-4-1-2-5(8)7-3-4/h2-7,10-13H,8-9H2,1H3,(H,21,22);4-7,10-11H,8-9H2,1-3H3,(H,17,20);4-5,8H,6-7H2,1-3H3,(H,14,17);1-4,7-8H,5-6,12H2;1-3H,(H,7,8). The first-order valence-corrected chi connectivity index (χ1v) is 32.3. The van der Waals surface area contributed by atoms with Crippen molar-refractivity contribution in [3.05, 3.63) is 229 Å². The number of carbonyl (C=O) groups is 2. The Labute approximate surface area is 548 Å². The lowest BCUT2D eigenvalue weighted by Gasteiger charge is -2.19. The Bertz CT molecular complexity index is 4170. The maximum atomic E-state index is 12.2. The second kappa shape index (κ2) is 35.0. The second-order valence-electron chi connectivity index (χ2n) is 21.2. The van der Waals surface area contributed by atoms with Crippen molar-refractivity contribution in [1.82, 2.24) is 43.9 Å². The quantitative estimate of drug-likeness (QED) is 0.0602. The number of alkyl carbamates (subject to hydrolysis) is 2. The fourth-order valence-corrected chi connectivity index (χ4v) is 10.6. The molecule has 0 aliphatic rings. The molecule has 0 bridgehead atoms. The van der Waals surface area contributed by atoms with Gasteiger partial charge in [0.1, 0.15) is 22.5 Å². The first kappa shape index (κ1) is 70.6. The number of rotatable bonds is 16. The molecule has 10 heterocycles. The Kier molecular flexibility index (Phi) is 27.5. The van der Waals surface area contributed by atoms with E-state index in [-0.39, 0.29) is 27.8 Å². The van der Waals surface area contributed by atoms with Crippen LogP contribution in [0.4, 0.5) is 15.3 Å². The summed E-state index contributed by atoms with van der Waals surface area (Å²) in [6.07, 6.45) is 11.3. The number of thiophene rings is 3. The minimum atomic E-state index is -0.528. The van der Waals surface area contributed by atoms with Crippen molar-refractivity contribution in [1.29, 1.82) is 0 Å². The van der Waals surface area contributed by atoms with Gasteiger partial charge in [0.25, 0.3) is 22.2 Å². The van der Waals surface area contributed by atoms with Gasteiger partial charge in [-0.05, 0) is 144 Å². The molecule has 0 atom stereocenters. The normalized spacial score (nSPS) is 10.8. The minimum absolute atomic E-state index is 0.000700. The third kappa shape index (κ3) is 24.1. The third-order valence-corrected chi connectivity index (χ3v) is 15.6. The van der Waals surface area contributed by atoms with Gasteiger partial charge in [-0.1, -0.05) is 18.2 Å². The summed E-state index contributed by atoms with van der Waals surface area (Å²) in [5.41, 5.74) is 9.63. The van der Waals surface area contributed by atoms with Crippen molar-refractivity contribution < 1.29 is 23.8 Å². The van der Waals surface area contributed by atoms with Crippen LogP contribution in [0.5, 0.6) is 5.75 Å². The van der Waals surface area contributed by atoms with Crippen LogP contribution in [-0.2, 0) is 35.7 Å². The number of amides is 2. The Balaban J connectivity index is 0.000000187. The van der Waals surface area contributed by atoms with Gasteiger partial charge in [0.05, 0.1) is 24.5 Å². The predicted molar refractivity (Wildman–Crippen MR) is 367 cm³/mol. The van der Waals surface area contributed by atoms with E-state index < -0.39 is 23.4 Å². The molecule has 0 saturated heterocycles. The highest BCUT2D eigenvalue weighted by atomic mass is 79.9. The Hall–Kier alpha value is -8.53. The zero-order chi connectivity index (χ0) is 65.2. The van der Waals surface area contributed by atoms with Crippen molar-refractivity contribution in [2.75, 3.05) is 38.6 Å². The van der Waals surface area contributed by atoms with Crippen molar-refractivity contribution in [3.8, 4) is 37.1 Å². The molecule has 10 aromatic heterocycles. The van der Waals surface area contributed by atoms with Crippen LogP contribution in [0.15, 0.2) is 202 Å². The van der Waals surface area contributed by atoms with Gasteiger partial charge in [0.15, 0.2) is 0 Å². The van der Waals surface area contributed by atoms with E-state index in [0.29, 0.717) is 58.1 Å². The fraction of sp³-hybridized carbons (Fsp3) is 0.266. The highest BCUT2D eigenvalue weighted by molar-refractivity contribution is 9.10. The predicted octanol–water partition coefficient (Wildman–Crippen LogP) is 11.6. The van der Waals surface area contributed by atoms with Gasteiger partial charge in [-0.25, -0.2) is 14.6 Å². The molecule has 6 N–H and O–H groups in total. The number of hydrogen-bond donors (Lipinski definition) is 5. The lowest BCUT2D eigenvalue weighted by molar-refractivity contribution is 0.0514. The van der Waals surface area contributed by atoms with Crippen LogP contribution in [0.1, 0.15) is 41.5 Å². The summed E-state index contributed by atoms with van der Waals surface area (Å²) in [5.74, 6) is 0.670. The van der Waals surface area contributed by atoms with Crippen molar-refractivity contribution in [3.63, 3.8) is 0 Å². The van der Waals surface area contributed by atoms with Crippen LogP contribution >= 0.6 is 65.9 Å². The summed E-state index contributed by atoms with van der Waals surface area (Å²) in [5, 5.41) is 14.7. The number of nitrogens with two attached hydrogens (primary N) is 1. The van der Waals surface area contributed by atoms with Crippen LogP contribution in [0.3, 0.4) is 0 Å². The maximum Gasteiger partial charge on any atom is 0.407 e. The number of ether oxygens (including phenoxy) is 3. The van der Waals surface area contributed by atoms with E-state index in [1.807, 2.05) is 116 Å². The van der Waals surface area contributed by atoms with Gasteiger partial charge in [0.2, 0.25) is 5.56 Å². The smallest absolute Gasteiger partial charge is 0.407 e. The Morgan fingerprint density at radius 2 is 1.01 bits per heavy atom. The number of carbonyl (C=O) groups excluding carboxylic acids is 2. The zero-order valence-corrected chi connectivity index (χ0v) is 56.3. The summed E-state index contributed by atoms with van der Waals surface area (Å²) in [6, 6.07) is 32.4. The maximum absolute atomic E-state index is 12.2. The number of pyridine rings is 7. The van der Waals surface area contributed by atoms with Gasteiger partial charge in [0, 0.05) is 166 Å². The van der Waals surface area contributed by atoms with Crippen molar-refractivity contribution in [2.24, 2.45) is 5.73 Å². The highest BCUT2D eigenvalue weighted by Gasteiger charge is 2.17. The minimum Gasteiger partial charge on any atom is -0.495 e. The molecule has 26 heteroatoms. The van der Waals surface area contributed by atoms with Gasteiger partial charge >= 0.3 is 12.2 Å². The molecule has 2 amide bonds. The van der Waals surface area contributed by atoms with Gasteiger partial charge < -0.3 is 59.1 Å². The first-order valence-electron chi connectivity index (χ1n) is 28.1.